The van der Waals surface area contributed by atoms with E-state index in [0.29, 0.717) is 17.5 Å². The minimum absolute atomic E-state index is 0.0707. The van der Waals surface area contributed by atoms with E-state index in [-0.39, 0.29) is 18.7 Å². The third kappa shape index (κ3) is 16.5. The van der Waals surface area contributed by atoms with Crippen molar-refractivity contribution in [3.63, 3.8) is 0 Å². The lowest BCUT2D eigenvalue weighted by molar-refractivity contribution is -0.875. The Balaban J connectivity index is 3.79. The van der Waals surface area contributed by atoms with Crippen LogP contribution in [0, 0.1) is 0 Å². The average molecular weight is 416 g/mol. The Bertz CT molecular complexity index is 447. The van der Waals surface area contributed by atoms with Crippen molar-refractivity contribution < 1.29 is 29.4 Å². The summed E-state index contributed by atoms with van der Waals surface area (Å²) >= 11 is 0. The summed E-state index contributed by atoms with van der Waals surface area (Å²) in [6.07, 6.45) is 14.3. The van der Waals surface area contributed by atoms with E-state index in [1.165, 1.54) is 44.9 Å². The molecule has 0 saturated carbocycles. The molecule has 0 radical (unpaired) electrons. The highest BCUT2D eigenvalue weighted by molar-refractivity contribution is 5.90. The van der Waals surface area contributed by atoms with Crippen molar-refractivity contribution >= 4 is 11.8 Å². The zero-order chi connectivity index (χ0) is 22.2. The van der Waals surface area contributed by atoms with Gasteiger partial charge in [0.1, 0.15) is 6.54 Å². The predicted molar refractivity (Wildman–Crippen MR) is 114 cm³/mol. The van der Waals surface area contributed by atoms with E-state index in [1.54, 1.807) is 0 Å². The third-order valence-corrected chi connectivity index (χ3v) is 5.25. The van der Waals surface area contributed by atoms with Gasteiger partial charge in [-0.3, -0.25) is 4.79 Å². The summed E-state index contributed by atoms with van der Waals surface area (Å²) in [5.74, 6) is -1.77. The fourth-order valence-electron chi connectivity index (χ4n) is 3.84. The Morgan fingerprint density at radius 2 is 1.14 bits per heavy atom. The highest BCUT2D eigenvalue weighted by atomic mass is 16.4. The van der Waals surface area contributed by atoms with E-state index in [0.717, 1.165) is 32.1 Å². The minimum atomic E-state index is -1.84. The van der Waals surface area contributed by atoms with Gasteiger partial charge in [0.2, 0.25) is 0 Å². The Kier molecular flexibility index (Phi) is 15.3. The van der Waals surface area contributed by atoms with Gasteiger partial charge in [0.25, 0.3) is 0 Å². The van der Waals surface area contributed by atoms with Crippen LogP contribution in [0.5, 0.6) is 0 Å². The molecule has 0 aliphatic rings. The number of unbranched alkanes of at least 4 members (excludes halogenated alkanes) is 12. The van der Waals surface area contributed by atoms with Crippen molar-refractivity contribution in [2.75, 3.05) is 34.3 Å². The van der Waals surface area contributed by atoms with Gasteiger partial charge in [0.05, 0.1) is 21.1 Å². The number of aliphatic hydroxyl groups excluding tert-OH is 1. The van der Waals surface area contributed by atoms with E-state index in [1.807, 2.05) is 21.1 Å². The van der Waals surface area contributed by atoms with E-state index in [9.17, 15) is 19.8 Å². The second-order valence-electron chi connectivity index (χ2n) is 9.52. The fourth-order valence-corrected chi connectivity index (χ4v) is 3.84. The lowest BCUT2D eigenvalue weighted by atomic mass is 9.89. The average Bonchev–Trinajstić information content (AvgIpc) is 2.59. The monoisotopic (exact) mass is 415 g/mol. The van der Waals surface area contributed by atoms with Crippen LogP contribution in [0.15, 0.2) is 0 Å². The second-order valence-corrected chi connectivity index (χ2v) is 9.52. The predicted octanol–water partition coefficient (Wildman–Crippen LogP) is 2.59. The van der Waals surface area contributed by atoms with Gasteiger partial charge >= 0.3 is 0 Å². The number of quaternary nitrogens is 1. The standard InChI is InChI=1S/C23H45NO5/c1-24(2,3)20-23(29,19-22(27)28)21(26)17-15-13-11-9-7-5-4-6-8-10-12-14-16-18-25/h25,29H,4-20H2,1-3H3. The second kappa shape index (κ2) is 15.8. The summed E-state index contributed by atoms with van der Waals surface area (Å²) in [4.78, 5) is 23.4. The number of aliphatic hydroxyl groups is 2. The SMILES string of the molecule is C[N+](C)(C)CC(O)(CC(=O)[O-])C(=O)CCCCCCCCCCCCCCCO. The van der Waals surface area contributed by atoms with Gasteiger partial charge < -0.3 is 24.6 Å². The van der Waals surface area contributed by atoms with Crippen LogP contribution in [0.3, 0.4) is 0 Å². The number of carbonyl (C=O) groups is 2. The summed E-state index contributed by atoms with van der Waals surface area (Å²) in [5.41, 5.74) is -1.84. The van der Waals surface area contributed by atoms with Crippen molar-refractivity contribution in [1.29, 1.82) is 0 Å². The number of aliphatic carboxylic acids is 1. The minimum Gasteiger partial charge on any atom is -0.550 e. The number of hydrogen-bond donors (Lipinski definition) is 2. The number of rotatable bonds is 20. The van der Waals surface area contributed by atoms with E-state index in [4.69, 9.17) is 5.11 Å². The van der Waals surface area contributed by atoms with Crippen LogP contribution in [0.1, 0.15) is 96.3 Å². The molecule has 0 saturated heterocycles. The number of hydrogen-bond acceptors (Lipinski definition) is 5. The van der Waals surface area contributed by atoms with Crippen molar-refractivity contribution in [1.82, 2.24) is 0 Å². The first kappa shape index (κ1) is 28.0. The molecule has 0 bridgehead atoms. The van der Waals surface area contributed by atoms with Crippen LogP contribution in [0.2, 0.25) is 0 Å². The van der Waals surface area contributed by atoms with Crippen LogP contribution in [-0.4, -0.2) is 66.3 Å². The lowest BCUT2D eigenvalue weighted by Crippen LogP contribution is -2.56. The van der Waals surface area contributed by atoms with Gasteiger partial charge in [-0.05, 0) is 12.8 Å². The number of ketones is 1. The van der Waals surface area contributed by atoms with Gasteiger partial charge in [0, 0.05) is 25.4 Å². The number of nitrogens with zero attached hydrogens (tertiary/aromatic N) is 1. The topological polar surface area (TPSA) is 97.7 Å². The number of carbonyl (C=O) groups excluding carboxylic acids is 2. The lowest BCUT2D eigenvalue weighted by Gasteiger charge is -2.34. The number of likely N-dealkylation sites (N-methyl/N-ethyl adjacent to an activating group) is 1. The van der Waals surface area contributed by atoms with Gasteiger partial charge in [-0.15, -0.1) is 0 Å². The summed E-state index contributed by atoms with van der Waals surface area (Å²) < 4.78 is 0.318. The van der Waals surface area contributed by atoms with Crippen molar-refractivity contribution in [3.05, 3.63) is 0 Å². The molecule has 0 aromatic carbocycles. The Morgan fingerprint density at radius 1 is 0.759 bits per heavy atom. The molecule has 0 fully saturated rings. The van der Waals surface area contributed by atoms with E-state index < -0.39 is 18.0 Å². The third-order valence-electron chi connectivity index (χ3n) is 5.25. The van der Waals surface area contributed by atoms with E-state index >= 15 is 0 Å². The molecule has 0 aromatic rings. The molecule has 0 aliphatic heterocycles. The van der Waals surface area contributed by atoms with Crippen LogP contribution >= 0.6 is 0 Å². The molecule has 6 heteroatoms. The van der Waals surface area contributed by atoms with Gasteiger partial charge in [-0.2, -0.15) is 0 Å². The van der Waals surface area contributed by atoms with Crippen LogP contribution < -0.4 is 5.11 Å². The first-order valence-electron chi connectivity index (χ1n) is 11.5. The van der Waals surface area contributed by atoms with Gasteiger partial charge in [-0.1, -0.05) is 70.6 Å². The number of carboxylic acids is 1. The molecule has 2 N–H and O–H groups in total. The largest absolute Gasteiger partial charge is 0.550 e. The summed E-state index contributed by atoms with van der Waals surface area (Å²) in [5, 5.41) is 30.3. The normalized spacial score (nSPS) is 14.0. The van der Waals surface area contributed by atoms with Gasteiger partial charge in [-0.25, -0.2) is 0 Å². The van der Waals surface area contributed by atoms with Crippen LogP contribution in [-0.2, 0) is 9.59 Å². The van der Waals surface area contributed by atoms with Crippen LogP contribution in [0.4, 0.5) is 0 Å². The molecule has 0 rings (SSSR count). The highest BCUT2D eigenvalue weighted by Crippen LogP contribution is 2.20. The molecule has 0 amide bonds. The van der Waals surface area contributed by atoms with E-state index in [2.05, 4.69) is 0 Å². The quantitative estimate of drug-likeness (QED) is 0.235. The molecule has 0 aliphatic carbocycles. The molecular formula is C23H45NO5. The maximum Gasteiger partial charge on any atom is 0.177 e. The zero-order valence-electron chi connectivity index (χ0n) is 19.1. The molecule has 6 nitrogen and oxygen atoms in total. The summed E-state index contributed by atoms with van der Waals surface area (Å²) in [7, 11) is 5.47. The molecule has 0 aromatic heterocycles. The fraction of sp³-hybridized carbons (Fsp3) is 0.913. The molecule has 1 unspecified atom stereocenters. The number of Topliss-reactive ketones (excluding diaryl/α,β-unsaturated/α-hetero) is 1. The maximum absolute atomic E-state index is 12.4. The van der Waals surface area contributed by atoms with Crippen LogP contribution in [0.25, 0.3) is 0 Å². The summed E-state index contributed by atoms with van der Waals surface area (Å²) in [6.45, 7) is 0.381. The molecule has 172 valence electrons. The Labute approximate surface area is 177 Å². The number of carboxylic acid groups (broad SMARTS) is 1. The van der Waals surface area contributed by atoms with Crippen molar-refractivity contribution in [3.8, 4) is 0 Å². The first-order valence-corrected chi connectivity index (χ1v) is 11.5. The maximum atomic E-state index is 12.4. The summed E-state index contributed by atoms with van der Waals surface area (Å²) in [6, 6.07) is 0. The molecule has 0 spiro atoms. The first-order chi connectivity index (χ1) is 13.6. The molecule has 29 heavy (non-hydrogen) atoms. The molecular weight excluding hydrogens is 370 g/mol. The Hall–Kier alpha value is -0.980. The highest BCUT2D eigenvalue weighted by Gasteiger charge is 2.40. The zero-order valence-corrected chi connectivity index (χ0v) is 19.1. The van der Waals surface area contributed by atoms with Crippen molar-refractivity contribution in [2.24, 2.45) is 0 Å². The Morgan fingerprint density at radius 3 is 1.48 bits per heavy atom. The molecule has 0 heterocycles. The van der Waals surface area contributed by atoms with Gasteiger partial charge in [0.15, 0.2) is 11.4 Å². The smallest absolute Gasteiger partial charge is 0.177 e. The molecule has 1 atom stereocenters. The van der Waals surface area contributed by atoms with Crippen molar-refractivity contribution in [2.45, 2.75) is 102 Å².